The fraction of sp³-hybridized carbons (Fsp3) is 0.846. The number of carbonyl (C=O) groups excluding carboxylic acids is 1. The van der Waals surface area contributed by atoms with Crippen LogP contribution < -0.4 is 5.73 Å². The highest BCUT2D eigenvalue weighted by molar-refractivity contribution is 7.80. The summed E-state index contributed by atoms with van der Waals surface area (Å²) in [4.78, 5) is 14.7. The number of rotatable bonds is 4. The van der Waals surface area contributed by atoms with Gasteiger partial charge in [0, 0.05) is 20.2 Å². The molecule has 1 amide bonds. The zero-order valence-electron chi connectivity index (χ0n) is 11.0. The predicted molar refractivity (Wildman–Crippen MR) is 74.3 cm³/mol. The molecule has 1 unspecified atom stereocenters. The quantitative estimate of drug-likeness (QED) is 0.786. The van der Waals surface area contributed by atoms with Gasteiger partial charge in [0.1, 0.15) is 0 Å². The first-order valence-electron chi connectivity index (χ1n) is 6.73. The van der Waals surface area contributed by atoms with Crippen molar-refractivity contribution in [3.05, 3.63) is 0 Å². The number of hydrogen-bond acceptors (Lipinski definition) is 3. The fourth-order valence-electron chi connectivity index (χ4n) is 3.09. The van der Waals surface area contributed by atoms with Crippen molar-refractivity contribution in [2.24, 2.45) is 11.1 Å². The minimum atomic E-state index is -0.581. The second kappa shape index (κ2) is 5.53. The van der Waals surface area contributed by atoms with Crippen LogP contribution >= 0.6 is 12.2 Å². The average Bonchev–Trinajstić information content (AvgIpc) is 2.98. The summed E-state index contributed by atoms with van der Waals surface area (Å²) in [5.41, 5.74) is 5.25. The van der Waals surface area contributed by atoms with Crippen molar-refractivity contribution in [1.82, 2.24) is 4.90 Å². The van der Waals surface area contributed by atoms with Crippen LogP contribution in [-0.4, -0.2) is 42.1 Å². The Hall–Kier alpha value is -0.680. The van der Waals surface area contributed by atoms with Crippen LogP contribution in [0.3, 0.4) is 0 Å². The van der Waals surface area contributed by atoms with Crippen LogP contribution in [0.25, 0.3) is 0 Å². The summed E-state index contributed by atoms with van der Waals surface area (Å²) < 4.78 is 5.57. The van der Waals surface area contributed by atoms with Crippen LogP contribution in [0.4, 0.5) is 0 Å². The molecule has 5 heteroatoms. The normalized spacial score (nSPS) is 26.2. The number of thiocarbonyl (C=S) groups is 1. The first-order chi connectivity index (χ1) is 8.56. The highest BCUT2D eigenvalue weighted by atomic mass is 32.1. The van der Waals surface area contributed by atoms with Gasteiger partial charge in [-0.1, -0.05) is 25.1 Å². The molecule has 0 bridgehead atoms. The van der Waals surface area contributed by atoms with Gasteiger partial charge in [0.2, 0.25) is 5.91 Å². The fourth-order valence-corrected chi connectivity index (χ4v) is 3.38. The molecule has 1 saturated carbocycles. The summed E-state index contributed by atoms with van der Waals surface area (Å²) in [5, 5.41) is 0. The van der Waals surface area contributed by atoms with Gasteiger partial charge in [-0.15, -0.1) is 0 Å². The maximum Gasteiger partial charge on any atom is 0.235 e. The number of ether oxygens (including phenoxy) is 1. The van der Waals surface area contributed by atoms with Crippen LogP contribution in [0, 0.1) is 5.41 Å². The van der Waals surface area contributed by atoms with Gasteiger partial charge >= 0.3 is 0 Å². The largest absolute Gasteiger partial charge is 0.392 e. The molecule has 1 aliphatic carbocycles. The Morgan fingerprint density at radius 2 is 2.11 bits per heavy atom. The average molecular weight is 270 g/mol. The van der Waals surface area contributed by atoms with Crippen molar-refractivity contribution in [3.8, 4) is 0 Å². The molecule has 1 aliphatic heterocycles. The van der Waals surface area contributed by atoms with Gasteiger partial charge < -0.3 is 15.4 Å². The van der Waals surface area contributed by atoms with Gasteiger partial charge in [-0.2, -0.15) is 0 Å². The number of amides is 1. The lowest BCUT2D eigenvalue weighted by molar-refractivity contribution is -0.138. The van der Waals surface area contributed by atoms with Crippen LogP contribution in [-0.2, 0) is 9.53 Å². The minimum Gasteiger partial charge on any atom is -0.392 e. The second-order valence-corrected chi connectivity index (χ2v) is 5.91. The molecule has 0 radical (unpaired) electrons. The third-order valence-electron chi connectivity index (χ3n) is 4.19. The molecule has 0 spiro atoms. The maximum absolute atomic E-state index is 12.6. The number of likely N-dealkylation sites (N-methyl/N-ethyl adjacent to an activating group) is 1. The first kappa shape index (κ1) is 13.7. The van der Waals surface area contributed by atoms with Crippen molar-refractivity contribution < 1.29 is 9.53 Å². The second-order valence-electron chi connectivity index (χ2n) is 5.47. The summed E-state index contributed by atoms with van der Waals surface area (Å²) in [6.45, 7) is 1.47. The zero-order chi connectivity index (χ0) is 13.2. The monoisotopic (exact) mass is 270 g/mol. The lowest BCUT2D eigenvalue weighted by Crippen LogP contribution is -2.49. The Morgan fingerprint density at radius 1 is 1.44 bits per heavy atom. The van der Waals surface area contributed by atoms with Crippen LogP contribution in [0.15, 0.2) is 0 Å². The summed E-state index contributed by atoms with van der Waals surface area (Å²) in [5.74, 6) is 0.0861. The molecular weight excluding hydrogens is 248 g/mol. The molecule has 0 aromatic rings. The third-order valence-corrected chi connectivity index (χ3v) is 4.58. The Bertz CT molecular complexity index is 334. The van der Waals surface area contributed by atoms with E-state index in [2.05, 4.69) is 0 Å². The van der Waals surface area contributed by atoms with Gasteiger partial charge in [0.15, 0.2) is 0 Å². The maximum atomic E-state index is 12.6. The van der Waals surface area contributed by atoms with Crippen LogP contribution in [0.2, 0.25) is 0 Å². The molecule has 1 heterocycles. The lowest BCUT2D eigenvalue weighted by atomic mass is 9.84. The Balaban J connectivity index is 2.01. The standard InChI is InChI=1S/C13H22N2O2S/c1-15(9-10-5-4-8-17-10)12(16)13(11(14)18)6-2-3-7-13/h10H,2-9H2,1H3,(H2,14,18). The lowest BCUT2D eigenvalue weighted by Gasteiger charge is -2.32. The predicted octanol–water partition coefficient (Wildman–Crippen LogP) is 1.47. The van der Waals surface area contributed by atoms with E-state index >= 15 is 0 Å². The summed E-state index contributed by atoms with van der Waals surface area (Å²) in [7, 11) is 1.84. The Labute approximate surface area is 114 Å². The molecule has 0 aromatic carbocycles. The number of nitrogens with two attached hydrogens (primary N) is 1. The highest BCUT2D eigenvalue weighted by Gasteiger charge is 2.45. The molecule has 102 valence electrons. The Kier molecular flexibility index (Phi) is 4.22. The molecule has 2 N–H and O–H groups in total. The molecule has 2 rings (SSSR count). The van der Waals surface area contributed by atoms with Crippen LogP contribution in [0.5, 0.6) is 0 Å². The van der Waals surface area contributed by atoms with Crippen molar-refractivity contribution in [1.29, 1.82) is 0 Å². The topological polar surface area (TPSA) is 55.6 Å². The van der Waals surface area contributed by atoms with E-state index in [-0.39, 0.29) is 12.0 Å². The molecule has 4 nitrogen and oxygen atoms in total. The summed E-state index contributed by atoms with van der Waals surface area (Å²) >= 11 is 5.14. The van der Waals surface area contributed by atoms with E-state index in [1.54, 1.807) is 4.90 Å². The van der Waals surface area contributed by atoms with Crippen molar-refractivity contribution in [2.45, 2.75) is 44.6 Å². The van der Waals surface area contributed by atoms with E-state index in [0.717, 1.165) is 45.1 Å². The van der Waals surface area contributed by atoms with E-state index < -0.39 is 5.41 Å². The number of hydrogen-bond donors (Lipinski definition) is 1. The van der Waals surface area contributed by atoms with Gasteiger partial charge in [-0.05, 0) is 25.7 Å². The first-order valence-corrected chi connectivity index (χ1v) is 7.14. The Morgan fingerprint density at radius 3 is 2.61 bits per heavy atom. The van der Waals surface area contributed by atoms with Gasteiger partial charge in [-0.3, -0.25) is 4.79 Å². The minimum absolute atomic E-state index is 0.0861. The van der Waals surface area contributed by atoms with Crippen LogP contribution in [0.1, 0.15) is 38.5 Å². The van der Waals surface area contributed by atoms with E-state index in [0.29, 0.717) is 11.5 Å². The molecule has 1 saturated heterocycles. The number of carbonyl (C=O) groups is 1. The third kappa shape index (κ3) is 2.52. The summed E-state index contributed by atoms with van der Waals surface area (Å²) in [6, 6.07) is 0. The molecule has 0 aromatic heterocycles. The van der Waals surface area contributed by atoms with E-state index in [1.165, 1.54) is 0 Å². The molecule has 2 aliphatic rings. The SMILES string of the molecule is CN(CC1CCCO1)C(=O)C1(C(N)=S)CCCC1. The van der Waals surface area contributed by atoms with Gasteiger partial charge in [0.05, 0.1) is 16.5 Å². The number of nitrogens with zero attached hydrogens (tertiary/aromatic N) is 1. The van der Waals surface area contributed by atoms with E-state index in [9.17, 15) is 4.79 Å². The smallest absolute Gasteiger partial charge is 0.235 e. The highest BCUT2D eigenvalue weighted by Crippen LogP contribution is 2.40. The van der Waals surface area contributed by atoms with Crippen molar-refractivity contribution in [3.63, 3.8) is 0 Å². The zero-order valence-corrected chi connectivity index (χ0v) is 11.8. The molecule has 1 atom stereocenters. The molecule has 18 heavy (non-hydrogen) atoms. The van der Waals surface area contributed by atoms with E-state index in [4.69, 9.17) is 22.7 Å². The van der Waals surface area contributed by atoms with Gasteiger partial charge in [0.25, 0.3) is 0 Å². The van der Waals surface area contributed by atoms with E-state index in [1.807, 2.05) is 7.05 Å². The van der Waals surface area contributed by atoms with Gasteiger partial charge in [-0.25, -0.2) is 0 Å². The van der Waals surface area contributed by atoms with Crippen molar-refractivity contribution >= 4 is 23.1 Å². The summed E-state index contributed by atoms with van der Waals surface area (Å²) in [6.07, 6.45) is 6.00. The molecular formula is C13H22N2O2S. The molecule has 2 fully saturated rings. The van der Waals surface area contributed by atoms with Crippen molar-refractivity contribution in [2.75, 3.05) is 20.2 Å².